The van der Waals surface area contributed by atoms with Crippen LogP contribution in [0.5, 0.6) is 0 Å². The van der Waals surface area contributed by atoms with E-state index < -0.39 is 0 Å². The Balaban J connectivity index is 1.74. The molecule has 1 aromatic carbocycles. The van der Waals surface area contributed by atoms with Crippen molar-refractivity contribution in [3.05, 3.63) is 48.2 Å². The number of anilines is 1. The van der Waals surface area contributed by atoms with Gasteiger partial charge >= 0.3 is 0 Å². The number of benzene rings is 1. The molecule has 1 N–H and O–H groups in total. The summed E-state index contributed by atoms with van der Waals surface area (Å²) in [4.78, 5) is 12.5. The largest absolute Gasteiger partial charge is 0.440 e. The van der Waals surface area contributed by atoms with Gasteiger partial charge < -0.3 is 9.73 Å². The maximum atomic E-state index is 8.97. The predicted octanol–water partition coefficient (Wildman–Crippen LogP) is 2.71. The van der Waals surface area contributed by atoms with E-state index in [0.29, 0.717) is 18.3 Å². The molecule has 6 heteroatoms. The van der Waals surface area contributed by atoms with E-state index in [2.05, 4.69) is 20.3 Å². The number of rotatable bonds is 4. The van der Waals surface area contributed by atoms with Crippen molar-refractivity contribution in [2.24, 2.45) is 0 Å². The zero-order valence-corrected chi connectivity index (χ0v) is 11.4. The molecule has 0 bridgehead atoms. The Morgan fingerprint density at radius 1 is 1.29 bits per heavy atom. The summed E-state index contributed by atoms with van der Waals surface area (Å²) in [6.45, 7) is 2.56. The van der Waals surface area contributed by atoms with Gasteiger partial charge in [-0.2, -0.15) is 5.26 Å². The zero-order valence-electron chi connectivity index (χ0n) is 11.4. The molecule has 3 rings (SSSR count). The van der Waals surface area contributed by atoms with Crippen molar-refractivity contribution in [2.75, 3.05) is 11.9 Å². The summed E-state index contributed by atoms with van der Waals surface area (Å²) in [5.41, 5.74) is 1.90. The van der Waals surface area contributed by atoms with Crippen molar-refractivity contribution in [3.8, 4) is 6.07 Å². The Hall–Kier alpha value is -2.94. The van der Waals surface area contributed by atoms with Crippen molar-refractivity contribution in [1.29, 1.82) is 5.26 Å². The Morgan fingerprint density at radius 3 is 2.90 bits per heavy atom. The Labute approximate surface area is 121 Å². The van der Waals surface area contributed by atoms with E-state index in [4.69, 9.17) is 9.68 Å². The highest BCUT2D eigenvalue weighted by Gasteiger charge is 2.14. The van der Waals surface area contributed by atoms with Gasteiger partial charge in [0.25, 0.3) is 0 Å². The van der Waals surface area contributed by atoms with Crippen molar-refractivity contribution >= 4 is 16.9 Å². The van der Waals surface area contributed by atoms with Crippen LogP contribution in [0.3, 0.4) is 0 Å². The second kappa shape index (κ2) is 5.59. The van der Waals surface area contributed by atoms with Crippen LogP contribution in [0.25, 0.3) is 11.1 Å². The predicted molar refractivity (Wildman–Crippen MR) is 77.7 cm³/mol. The molecule has 2 aromatic heterocycles. The Kier molecular flexibility index (Phi) is 3.48. The summed E-state index contributed by atoms with van der Waals surface area (Å²) in [5.74, 6) is 1.18. The van der Waals surface area contributed by atoms with E-state index in [1.807, 2.05) is 37.3 Å². The summed E-state index contributed by atoms with van der Waals surface area (Å²) in [6, 6.07) is 9.65. The number of para-hydroxylation sites is 2. The minimum atomic E-state index is 0.0472. The maximum Gasteiger partial charge on any atom is 0.200 e. The average molecular weight is 279 g/mol. The van der Waals surface area contributed by atoms with Crippen LogP contribution in [0.1, 0.15) is 24.4 Å². The number of aromatic nitrogens is 3. The summed E-state index contributed by atoms with van der Waals surface area (Å²) in [5, 5.41) is 12.1. The number of nitrogens with zero attached hydrogens (tertiary/aromatic N) is 4. The summed E-state index contributed by atoms with van der Waals surface area (Å²) < 4.78 is 5.72. The molecule has 0 aliphatic carbocycles. The molecule has 1 atom stereocenters. The molecule has 3 aromatic rings. The fourth-order valence-corrected chi connectivity index (χ4v) is 1.99. The van der Waals surface area contributed by atoms with Crippen LogP contribution in [0.4, 0.5) is 5.82 Å². The molecule has 21 heavy (non-hydrogen) atoms. The molecular weight excluding hydrogens is 266 g/mol. The standard InChI is InChI=1S/C15H13N5O/c1-10(9-19-14-12(8-16)17-6-7-18-14)15-20-11-4-2-3-5-13(11)21-15/h2-7,10H,9H2,1H3,(H,18,19). The third-order valence-corrected chi connectivity index (χ3v) is 3.11. The highest BCUT2D eigenvalue weighted by molar-refractivity contribution is 5.72. The van der Waals surface area contributed by atoms with Gasteiger partial charge in [-0.1, -0.05) is 19.1 Å². The lowest BCUT2D eigenvalue weighted by atomic mass is 10.2. The number of hydrogen-bond donors (Lipinski definition) is 1. The minimum absolute atomic E-state index is 0.0472. The zero-order chi connectivity index (χ0) is 14.7. The van der Waals surface area contributed by atoms with Gasteiger partial charge in [-0.25, -0.2) is 15.0 Å². The van der Waals surface area contributed by atoms with E-state index in [0.717, 1.165) is 11.1 Å². The summed E-state index contributed by atoms with van der Waals surface area (Å²) >= 11 is 0. The van der Waals surface area contributed by atoms with Crippen LogP contribution in [0, 0.1) is 11.3 Å². The number of nitrogens with one attached hydrogen (secondary N) is 1. The first-order valence-electron chi connectivity index (χ1n) is 6.58. The van der Waals surface area contributed by atoms with Crippen molar-refractivity contribution in [2.45, 2.75) is 12.8 Å². The molecule has 0 radical (unpaired) electrons. The number of hydrogen-bond acceptors (Lipinski definition) is 6. The van der Waals surface area contributed by atoms with Gasteiger partial charge in [-0.3, -0.25) is 0 Å². The monoisotopic (exact) mass is 279 g/mol. The molecule has 6 nitrogen and oxygen atoms in total. The SMILES string of the molecule is CC(CNc1nccnc1C#N)c1nc2ccccc2o1. The highest BCUT2D eigenvalue weighted by Crippen LogP contribution is 2.21. The number of fused-ring (bicyclic) bond motifs is 1. The van der Waals surface area contributed by atoms with Crippen LogP contribution in [-0.2, 0) is 0 Å². The third-order valence-electron chi connectivity index (χ3n) is 3.11. The van der Waals surface area contributed by atoms with E-state index >= 15 is 0 Å². The van der Waals surface area contributed by atoms with Gasteiger partial charge in [0.1, 0.15) is 11.6 Å². The van der Waals surface area contributed by atoms with Gasteiger partial charge in [0.2, 0.25) is 0 Å². The van der Waals surface area contributed by atoms with Crippen molar-refractivity contribution in [1.82, 2.24) is 15.0 Å². The van der Waals surface area contributed by atoms with Gasteiger partial charge in [-0.15, -0.1) is 0 Å². The van der Waals surface area contributed by atoms with E-state index in [1.165, 1.54) is 6.20 Å². The third kappa shape index (κ3) is 2.67. The molecule has 0 amide bonds. The first kappa shape index (κ1) is 13.1. The Morgan fingerprint density at radius 2 is 2.10 bits per heavy atom. The van der Waals surface area contributed by atoms with Crippen LogP contribution in [0.2, 0.25) is 0 Å². The van der Waals surface area contributed by atoms with Gasteiger partial charge in [0.05, 0.1) is 5.92 Å². The average Bonchev–Trinajstić information content (AvgIpc) is 2.97. The number of oxazole rings is 1. The normalized spacial score (nSPS) is 12.0. The number of nitriles is 1. The van der Waals surface area contributed by atoms with E-state index in [9.17, 15) is 0 Å². The lowest BCUT2D eigenvalue weighted by Crippen LogP contribution is -2.12. The molecule has 0 aliphatic heterocycles. The maximum absolute atomic E-state index is 8.97. The van der Waals surface area contributed by atoms with E-state index in [-0.39, 0.29) is 11.6 Å². The molecule has 0 saturated heterocycles. The minimum Gasteiger partial charge on any atom is -0.440 e. The second-order valence-electron chi connectivity index (χ2n) is 4.67. The van der Waals surface area contributed by atoms with Crippen molar-refractivity contribution < 1.29 is 4.42 Å². The van der Waals surface area contributed by atoms with Gasteiger partial charge in [0, 0.05) is 18.9 Å². The first-order valence-corrected chi connectivity index (χ1v) is 6.58. The van der Waals surface area contributed by atoms with Crippen molar-refractivity contribution in [3.63, 3.8) is 0 Å². The molecule has 0 fully saturated rings. The molecule has 2 heterocycles. The molecule has 0 aliphatic rings. The lowest BCUT2D eigenvalue weighted by Gasteiger charge is -2.09. The fraction of sp³-hybridized carbons (Fsp3) is 0.200. The summed E-state index contributed by atoms with van der Waals surface area (Å²) in [6.07, 6.45) is 3.04. The molecule has 1 unspecified atom stereocenters. The highest BCUT2D eigenvalue weighted by atomic mass is 16.3. The molecule has 0 spiro atoms. The second-order valence-corrected chi connectivity index (χ2v) is 4.67. The fourth-order valence-electron chi connectivity index (χ4n) is 1.99. The van der Waals surface area contributed by atoms with Gasteiger partial charge in [-0.05, 0) is 12.1 Å². The van der Waals surface area contributed by atoms with Crippen LogP contribution in [0.15, 0.2) is 41.1 Å². The van der Waals surface area contributed by atoms with Crippen LogP contribution in [-0.4, -0.2) is 21.5 Å². The quantitative estimate of drug-likeness (QED) is 0.790. The molecular formula is C15H13N5O. The molecule has 104 valence electrons. The lowest BCUT2D eigenvalue weighted by molar-refractivity contribution is 0.494. The summed E-state index contributed by atoms with van der Waals surface area (Å²) in [7, 11) is 0. The smallest absolute Gasteiger partial charge is 0.200 e. The van der Waals surface area contributed by atoms with Gasteiger partial charge in [0.15, 0.2) is 23.0 Å². The first-order chi connectivity index (χ1) is 10.3. The topological polar surface area (TPSA) is 87.6 Å². The van der Waals surface area contributed by atoms with E-state index in [1.54, 1.807) is 6.20 Å². The van der Waals surface area contributed by atoms with Crippen LogP contribution >= 0.6 is 0 Å². The molecule has 0 saturated carbocycles. The Bertz CT molecular complexity index is 772. The van der Waals surface area contributed by atoms with Crippen LogP contribution < -0.4 is 5.32 Å².